The van der Waals surface area contributed by atoms with Gasteiger partial charge in [0.25, 0.3) is 17.5 Å². The number of non-ortho nitro benzene ring substituents is 1. The van der Waals surface area contributed by atoms with E-state index in [0.717, 1.165) is 12.1 Å². The minimum Gasteiger partial charge on any atom is -0.368 e. The van der Waals surface area contributed by atoms with Gasteiger partial charge < -0.3 is 19.9 Å². The number of nitro benzene ring substituents is 1. The van der Waals surface area contributed by atoms with Gasteiger partial charge in [-0.15, -0.1) is 0 Å². The molecule has 162 valence electrons. The highest BCUT2D eigenvalue weighted by molar-refractivity contribution is 5.98. The first-order valence-corrected chi connectivity index (χ1v) is 10.3. The van der Waals surface area contributed by atoms with Crippen molar-refractivity contribution < 1.29 is 19.2 Å². The molecule has 2 saturated heterocycles. The lowest BCUT2D eigenvalue weighted by Gasteiger charge is -2.36. The minimum atomic E-state index is -0.424. The molecule has 2 aliphatic heterocycles. The molecule has 0 unspecified atom stereocenters. The highest BCUT2D eigenvalue weighted by atomic mass is 16.6. The first-order chi connectivity index (χ1) is 15.0. The normalized spacial score (nSPS) is 18.6. The summed E-state index contributed by atoms with van der Waals surface area (Å²) in [4.78, 5) is 39.5. The van der Waals surface area contributed by atoms with E-state index in [2.05, 4.69) is 10.2 Å². The number of nitrogens with zero attached hydrogens (tertiary/aromatic N) is 3. The summed E-state index contributed by atoms with van der Waals surface area (Å²) in [6.45, 7) is 2.96. The third-order valence-corrected chi connectivity index (χ3v) is 5.59. The zero-order valence-electron chi connectivity index (χ0n) is 17.0. The van der Waals surface area contributed by atoms with Crippen LogP contribution in [0.1, 0.15) is 23.2 Å². The van der Waals surface area contributed by atoms with Crippen molar-refractivity contribution in [1.82, 2.24) is 4.90 Å². The van der Waals surface area contributed by atoms with Crippen molar-refractivity contribution in [3.8, 4) is 0 Å². The van der Waals surface area contributed by atoms with Crippen molar-refractivity contribution in [1.29, 1.82) is 0 Å². The number of ether oxygens (including phenoxy) is 1. The Morgan fingerprint density at radius 3 is 2.45 bits per heavy atom. The third-order valence-electron chi connectivity index (χ3n) is 5.59. The van der Waals surface area contributed by atoms with Gasteiger partial charge in [0.1, 0.15) is 6.10 Å². The smallest absolute Gasteiger partial charge is 0.269 e. The van der Waals surface area contributed by atoms with E-state index in [0.29, 0.717) is 50.5 Å². The van der Waals surface area contributed by atoms with E-state index in [1.54, 1.807) is 41.3 Å². The molecule has 2 aliphatic rings. The fourth-order valence-corrected chi connectivity index (χ4v) is 3.87. The predicted molar refractivity (Wildman–Crippen MR) is 115 cm³/mol. The molecule has 2 aromatic rings. The maximum absolute atomic E-state index is 13.0. The van der Waals surface area contributed by atoms with Crippen molar-refractivity contribution >= 4 is 28.9 Å². The first kappa shape index (κ1) is 20.8. The standard InChI is InChI=1S/C22H24N4O5/c27-21(20-5-2-14-31-20)23-17-4-1-3-16(15-17)22(28)25-12-10-24(11-13-25)18-6-8-19(9-7-18)26(29)30/h1,3-4,6-9,15,20H,2,5,10-14H2,(H,23,27)/t20-/m0/s1. The Morgan fingerprint density at radius 1 is 1.06 bits per heavy atom. The molecule has 2 fully saturated rings. The molecular weight excluding hydrogens is 400 g/mol. The second-order valence-corrected chi connectivity index (χ2v) is 7.62. The summed E-state index contributed by atoms with van der Waals surface area (Å²) in [5.41, 5.74) is 2.06. The molecule has 0 bridgehead atoms. The lowest BCUT2D eigenvalue weighted by atomic mass is 10.1. The summed E-state index contributed by atoms with van der Waals surface area (Å²) in [5, 5.41) is 13.6. The maximum Gasteiger partial charge on any atom is 0.269 e. The Labute approximate surface area is 179 Å². The molecule has 0 aliphatic carbocycles. The van der Waals surface area contributed by atoms with Crippen LogP contribution in [0.4, 0.5) is 17.1 Å². The van der Waals surface area contributed by atoms with Crippen LogP contribution in [0.25, 0.3) is 0 Å². The van der Waals surface area contributed by atoms with Crippen LogP contribution < -0.4 is 10.2 Å². The van der Waals surface area contributed by atoms with Gasteiger partial charge >= 0.3 is 0 Å². The van der Waals surface area contributed by atoms with Crippen LogP contribution >= 0.6 is 0 Å². The van der Waals surface area contributed by atoms with E-state index >= 15 is 0 Å². The van der Waals surface area contributed by atoms with E-state index in [1.807, 2.05) is 0 Å². The molecule has 0 spiro atoms. The van der Waals surface area contributed by atoms with Crippen molar-refractivity contribution in [2.45, 2.75) is 18.9 Å². The molecule has 1 N–H and O–H groups in total. The average molecular weight is 424 g/mol. The second kappa shape index (κ2) is 9.13. The molecule has 2 heterocycles. The lowest BCUT2D eigenvalue weighted by molar-refractivity contribution is -0.384. The lowest BCUT2D eigenvalue weighted by Crippen LogP contribution is -2.48. The Balaban J connectivity index is 1.35. The number of amides is 2. The Hall–Kier alpha value is -3.46. The van der Waals surface area contributed by atoms with Gasteiger partial charge in [0.15, 0.2) is 0 Å². The molecular formula is C22H24N4O5. The molecule has 4 rings (SSSR count). The Kier molecular flexibility index (Phi) is 6.13. The van der Waals surface area contributed by atoms with Crippen molar-refractivity contribution in [3.05, 3.63) is 64.2 Å². The van der Waals surface area contributed by atoms with E-state index in [-0.39, 0.29) is 17.5 Å². The van der Waals surface area contributed by atoms with Crippen molar-refractivity contribution in [3.63, 3.8) is 0 Å². The molecule has 1 atom stereocenters. The monoisotopic (exact) mass is 424 g/mol. The molecule has 9 heteroatoms. The van der Waals surface area contributed by atoms with Crippen LogP contribution in [0, 0.1) is 10.1 Å². The first-order valence-electron chi connectivity index (χ1n) is 10.3. The maximum atomic E-state index is 13.0. The van der Waals surface area contributed by atoms with Gasteiger partial charge in [-0.1, -0.05) is 6.07 Å². The number of nitro groups is 1. The van der Waals surface area contributed by atoms with Gasteiger partial charge in [-0.2, -0.15) is 0 Å². The molecule has 0 saturated carbocycles. The zero-order chi connectivity index (χ0) is 21.8. The number of nitrogens with one attached hydrogen (secondary N) is 1. The van der Waals surface area contributed by atoms with Crippen LogP contribution in [0.5, 0.6) is 0 Å². The number of piperazine rings is 1. The predicted octanol–water partition coefficient (Wildman–Crippen LogP) is 2.67. The van der Waals surface area contributed by atoms with E-state index in [4.69, 9.17) is 4.74 Å². The molecule has 9 nitrogen and oxygen atoms in total. The summed E-state index contributed by atoms with van der Waals surface area (Å²) in [6, 6.07) is 13.4. The number of benzene rings is 2. The summed E-state index contributed by atoms with van der Waals surface area (Å²) >= 11 is 0. The molecule has 0 aromatic heterocycles. The second-order valence-electron chi connectivity index (χ2n) is 7.62. The van der Waals surface area contributed by atoms with Gasteiger partial charge in [-0.3, -0.25) is 19.7 Å². The SMILES string of the molecule is O=C(Nc1cccc(C(=O)N2CCN(c3ccc([N+](=O)[O-])cc3)CC2)c1)[C@@H]1CCCO1. The van der Waals surface area contributed by atoms with Gasteiger partial charge in [0, 0.05) is 61.9 Å². The number of hydrogen-bond donors (Lipinski definition) is 1. The van der Waals surface area contributed by atoms with Crippen LogP contribution in [0.3, 0.4) is 0 Å². The Morgan fingerprint density at radius 2 is 1.81 bits per heavy atom. The summed E-state index contributed by atoms with van der Waals surface area (Å²) < 4.78 is 5.40. The van der Waals surface area contributed by atoms with Gasteiger partial charge in [-0.25, -0.2) is 0 Å². The number of carbonyl (C=O) groups excluding carboxylic acids is 2. The van der Waals surface area contributed by atoms with Gasteiger partial charge in [-0.05, 0) is 43.2 Å². The fraction of sp³-hybridized carbons (Fsp3) is 0.364. The van der Waals surface area contributed by atoms with E-state index in [1.165, 1.54) is 12.1 Å². The summed E-state index contributed by atoms with van der Waals surface area (Å²) in [5.74, 6) is -0.268. The van der Waals surface area contributed by atoms with Crippen LogP contribution in [0.2, 0.25) is 0 Å². The van der Waals surface area contributed by atoms with Crippen molar-refractivity contribution in [2.24, 2.45) is 0 Å². The topological polar surface area (TPSA) is 105 Å². The third kappa shape index (κ3) is 4.83. The minimum absolute atomic E-state index is 0.0593. The Bertz CT molecular complexity index is 964. The number of carbonyl (C=O) groups is 2. The zero-order valence-corrected chi connectivity index (χ0v) is 17.0. The van der Waals surface area contributed by atoms with Gasteiger partial charge in [0.2, 0.25) is 0 Å². The summed E-state index contributed by atoms with van der Waals surface area (Å²) in [7, 11) is 0. The van der Waals surface area contributed by atoms with E-state index in [9.17, 15) is 19.7 Å². The van der Waals surface area contributed by atoms with Crippen molar-refractivity contribution in [2.75, 3.05) is 43.0 Å². The molecule has 31 heavy (non-hydrogen) atoms. The average Bonchev–Trinajstić information content (AvgIpc) is 3.34. The number of hydrogen-bond acceptors (Lipinski definition) is 6. The summed E-state index contributed by atoms with van der Waals surface area (Å²) in [6.07, 6.45) is 1.17. The molecule has 0 radical (unpaired) electrons. The highest BCUT2D eigenvalue weighted by Gasteiger charge is 2.25. The fourth-order valence-electron chi connectivity index (χ4n) is 3.87. The van der Waals surface area contributed by atoms with Crippen LogP contribution in [-0.4, -0.2) is 60.5 Å². The largest absolute Gasteiger partial charge is 0.368 e. The quantitative estimate of drug-likeness (QED) is 0.584. The van der Waals surface area contributed by atoms with Crippen LogP contribution in [0.15, 0.2) is 48.5 Å². The van der Waals surface area contributed by atoms with Gasteiger partial charge in [0.05, 0.1) is 4.92 Å². The number of rotatable bonds is 5. The highest BCUT2D eigenvalue weighted by Crippen LogP contribution is 2.22. The van der Waals surface area contributed by atoms with Crippen LogP contribution in [-0.2, 0) is 9.53 Å². The van der Waals surface area contributed by atoms with E-state index < -0.39 is 11.0 Å². The molecule has 2 aromatic carbocycles. The molecule has 2 amide bonds. The number of anilines is 2.